The lowest BCUT2D eigenvalue weighted by molar-refractivity contribution is -0.0177. The molecule has 0 aliphatic carbocycles. The average molecular weight is 222 g/mol. The van der Waals surface area contributed by atoms with Crippen LogP contribution in [0.2, 0.25) is 0 Å². The molecule has 1 aromatic carbocycles. The SMILES string of the molecule is CC(C)(C)OCc1nc2ccc(F)cc2[nH]1. The highest BCUT2D eigenvalue weighted by Gasteiger charge is 2.12. The van der Waals surface area contributed by atoms with Crippen LogP contribution in [-0.4, -0.2) is 15.6 Å². The topological polar surface area (TPSA) is 37.9 Å². The number of hydrogen-bond donors (Lipinski definition) is 1. The fraction of sp³-hybridized carbons (Fsp3) is 0.417. The van der Waals surface area contributed by atoms with Gasteiger partial charge in [-0.3, -0.25) is 0 Å². The summed E-state index contributed by atoms with van der Waals surface area (Å²) in [6.07, 6.45) is 0. The highest BCUT2D eigenvalue weighted by atomic mass is 19.1. The zero-order chi connectivity index (χ0) is 11.8. The van der Waals surface area contributed by atoms with E-state index in [1.165, 1.54) is 12.1 Å². The Morgan fingerprint density at radius 1 is 1.38 bits per heavy atom. The number of fused-ring (bicyclic) bond motifs is 1. The van der Waals surface area contributed by atoms with Crippen LogP contribution in [0.4, 0.5) is 4.39 Å². The minimum Gasteiger partial charge on any atom is -0.368 e. The molecular weight excluding hydrogens is 207 g/mol. The molecule has 0 saturated heterocycles. The molecule has 1 heterocycles. The first-order chi connectivity index (χ1) is 7.44. The molecule has 1 N–H and O–H groups in total. The van der Waals surface area contributed by atoms with Crippen molar-refractivity contribution in [3.63, 3.8) is 0 Å². The van der Waals surface area contributed by atoms with Gasteiger partial charge < -0.3 is 9.72 Å². The van der Waals surface area contributed by atoms with Crippen molar-refractivity contribution in [1.29, 1.82) is 0 Å². The summed E-state index contributed by atoms with van der Waals surface area (Å²) in [6.45, 7) is 6.35. The monoisotopic (exact) mass is 222 g/mol. The molecule has 0 saturated carbocycles. The van der Waals surface area contributed by atoms with Crippen molar-refractivity contribution in [2.24, 2.45) is 0 Å². The van der Waals surface area contributed by atoms with Gasteiger partial charge in [-0.05, 0) is 39.0 Å². The maximum atomic E-state index is 12.9. The van der Waals surface area contributed by atoms with Crippen molar-refractivity contribution in [3.8, 4) is 0 Å². The molecule has 4 heteroatoms. The Bertz CT molecular complexity index is 499. The number of nitrogens with one attached hydrogen (secondary N) is 1. The number of rotatable bonds is 2. The van der Waals surface area contributed by atoms with Crippen LogP contribution in [0, 0.1) is 5.82 Å². The second-order valence-electron chi connectivity index (χ2n) is 4.75. The van der Waals surface area contributed by atoms with Crippen LogP contribution in [0.5, 0.6) is 0 Å². The maximum absolute atomic E-state index is 12.9. The zero-order valence-electron chi connectivity index (χ0n) is 9.67. The summed E-state index contributed by atoms with van der Waals surface area (Å²) in [5.74, 6) is 0.454. The average Bonchev–Trinajstić information content (AvgIpc) is 2.55. The van der Waals surface area contributed by atoms with Gasteiger partial charge in [0.25, 0.3) is 0 Å². The van der Waals surface area contributed by atoms with E-state index in [1.807, 2.05) is 20.8 Å². The van der Waals surface area contributed by atoms with Crippen LogP contribution < -0.4 is 0 Å². The third-order valence-corrected chi connectivity index (χ3v) is 2.13. The van der Waals surface area contributed by atoms with Crippen molar-refractivity contribution >= 4 is 11.0 Å². The minimum atomic E-state index is -0.264. The Labute approximate surface area is 93.6 Å². The molecule has 0 aliphatic heterocycles. The smallest absolute Gasteiger partial charge is 0.133 e. The molecule has 86 valence electrons. The first kappa shape index (κ1) is 11.1. The Morgan fingerprint density at radius 2 is 2.12 bits per heavy atom. The van der Waals surface area contributed by atoms with E-state index in [0.717, 1.165) is 11.3 Å². The molecular formula is C12H15FN2O. The molecule has 2 rings (SSSR count). The predicted molar refractivity (Wildman–Crippen MR) is 60.6 cm³/mol. The molecule has 0 atom stereocenters. The lowest BCUT2D eigenvalue weighted by Gasteiger charge is -2.18. The largest absolute Gasteiger partial charge is 0.368 e. The van der Waals surface area contributed by atoms with Crippen LogP contribution in [0.15, 0.2) is 18.2 Å². The minimum absolute atomic E-state index is 0.204. The number of benzene rings is 1. The normalized spacial score (nSPS) is 12.2. The number of aromatic nitrogens is 2. The molecule has 0 bridgehead atoms. The molecule has 2 aromatic rings. The second-order valence-corrected chi connectivity index (χ2v) is 4.75. The van der Waals surface area contributed by atoms with E-state index >= 15 is 0 Å². The van der Waals surface area contributed by atoms with E-state index < -0.39 is 0 Å². The molecule has 0 spiro atoms. The van der Waals surface area contributed by atoms with Gasteiger partial charge in [-0.15, -0.1) is 0 Å². The second kappa shape index (κ2) is 3.87. The number of hydrogen-bond acceptors (Lipinski definition) is 2. The highest BCUT2D eigenvalue weighted by Crippen LogP contribution is 2.15. The molecule has 16 heavy (non-hydrogen) atoms. The number of imidazole rings is 1. The Balaban J connectivity index is 2.20. The van der Waals surface area contributed by atoms with Gasteiger partial charge >= 0.3 is 0 Å². The van der Waals surface area contributed by atoms with E-state index in [2.05, 4.69) is 9.97 Å². The quantitative estimate of drug-likeness (QED) is 0.848. The van der Waals surface area contributed by atoms with Gasteiger partial charge in [0, 0.05) is 0 Å². The Kier molecular flexibility index (Phi) is 2.68. The van der Waals surface area contributed by atoms with E-state index in [1.54, 1.807) is 6.07 Å². The maximum Gasteiger partial charge on any atom is 0.133 e. The van der Waals surface area contributed by atoms with Gasteiger partial charge in [0.1, 0.15) is 18.2 Å². The van der Waals surface area contributed by atoms with Gasteiger partial charge in [-0.25, -0.2) is 9.37 Å². The van der Waals surface area contributed by atoms with Crippen molar-refractivity contribution < 1.29 is 9.13 Å². The van der Waals surface area contributed by atoms with Crippen LogP contribution in [0.25, 0.3) is 11.0 Å². The van der Waals surface area contributed by atoms with Crippen LogP contribution in [0.1, 0.15) is 26.6 Å². The molecule has 0 amide bonds. The van der Waals surface area contributed by atoms with Crippen molar-refractivity contribution in [1.82, 2.24) is 9.97 Å². The predicted octanol–water partition coefficient (Wildman–Crippen LogP) is 3.02. The Morgan fingerprint density at radius 3 is 2.81 bits per heavy atom. The van der Waals surface area contributed by atoms with Gasteiger partial charge in [0.2, 0.25) is 0 Å². The lowest BCUT2D eigenvalue weighted by Crippen LogP contribution is -2.19. The third-order valence-electron chi connectivity index (χ3n) is 2.13. The lowest BCUT2D eigenvalue weighted by atomic mass is 10.2. The molecule has 0 fully saturated rings. The number of nitrogens with zero attached hydrogens (tertiary/aromatic N) is 1. The van der Waals surface area contributed by atoms with Crippen molar-refractivity contribution in [2.75, 3.05) is 0 Å². The van der Waals surface area contributed by atoms with Crippen LogP contribution >= 0.6 is 0 Å². The zero-order valence-corrected chi connectivity index (χ0v) is 9.67. The number of halogens is 1. The fourth-order valence-electron chi connectivity index (χ4n) is 1.39. The van der Waals surface area contributed by atoms with Crippen molar-refractivity contribution in [3.05, 3.63) is 29.8 Å². The summed E-state index contributed by atoms with van der Waals surface area (Å²) < 4.78 is 18.5. The summed E-state index contributed by atoms with van der Waals surface area (Å²) in [7, 11) is 0. The van der Waals surface area contributed by atoms with Gasteiger partial charge in [-0.1, -0.05) is 0 Å². The molecule has 0 aliphatic rings. The van der Waals surface area contributed by atoms with Crippen molar-refractivity contribution in [2.45, 2.75) is 33.0 Å². The number of H-pyrrole nitrogens is 1. The molecule has 0 radical (unpaired) electrons. The summed E-state index contributed by atoms with van der Waals surface area (Å²) in [6, 6.07) is 4.49. The number of aromatic amines is 1. The summed E-state index contributed by atoms with van der Waals surface area (Å²) >= 11 is 0. The van der Waals surface area contributed by atoms with Crippen LogP contribution in [-0.2, 0) is 11.3 Å². The standard InChI is InChI=1S/C12H15FN2O/c1-12(2,3)16-7-11-14-9-5-4-8(13)6-10(9)15-11/h4-6H,7H2,1-3H3,(H,14,15). The first-order valence-electron chi connectivity index (χ1n) is 5.22. The first-order valence-corrected chi connectivity index (χ1v) is 5.22. The Hall–Kier alpha value is -1.42. The van der Waals surface area contributed by atoms with Gasteiger partial charge in [0.15, 0.2) is 0 Å². The summed E-state index contributed by atoms with van der Waals surface area (Å²) in [5.41, 5.74) is 1.26. The van der Waals surface area contributed by atoms with E-state index in [-0.39, 0.29) is 11.4 Å². The highest BCUT2D eigenvalue weighted by molar-refractivity contribution is 5.74. The third kappa shape index (κ3) is 2.58. The van der Waals surface area contributed by atoms with Gasteiger partial charge in [0.05, 0.1) is 16.6 Å². The van der Waals surface area contributed by atoms with E-state index in [4.69, 9.17) is 4.74 Å². The summed E-state index contributed by atoms with van der Waals surface area (Å²) in [5, 5.41) is 0. The summed E-state index contributed by atoms with van der Waals surface area (Å²) in [4.78, 5) is 7.34. The van der Waals surface area contributed by atoms with E-state index in [0.29, 0.717) is 12.1 Å². The van der Waals surface area contributed by atoms with E-state index in [9.17, 15) is 4.39 Å². The van der Waals surface area contributed by atoms with Crippen LogP contribution in [0.3, 0.4) is 0 Å². The fourth-order valence-corrected chi connectivity index (χ4v) is 1.39. The molecule has 0 unspecified atom stereocenters. The van der Waals surface area contributed by atoms with Gasteiger partial charge in [-0.2, -0.15) is 0 Å². The molecule has 3 nitrogen and oxygen atoms in total. The number of ether oxygens (including phenoxy) is 1. The molecule has 1 aromatic heterocycles.